The van der Waals surface area contributed by atoms with Crippen LogP contribution < -0.4 is 5.32 Å². The molecule has 110 valence electrons. The summed E-state index contributed by atoms with van der Waals surface area (Å²) in [4.78, 5) is 22.4. The molecule has 0 spiro atoms. The minimum atomic E-state index is -1.80. The van der Waals surface area contributed by atoms with Crippen molar-refractivity contribution < 1.29 is 19.8 Å². The molecule has 1 unspecified atom stereocenters. The quantitative estimate of drug-likeness (QED) is 0.307. The van der Waals surface area contributed by atoms with Crippen LogP contribution in [0.3, 0.4) is 0 Å². The zero-order valence-electron chi connectivity index (χ0n) is 11.2. The third kappa shape index (κ3) is 5.48. The Morgan fingerprint density at radius 2 is 2.10 bits per heavy atom. The summed E-state index contributed by atoms with van der Waals surface area (Å²) in [5.41, 5.74) is 0.755. The number of hydrogen-bond donors (Lipinski definition) is 4. The Morgan fingerprint density at radius 3 is 2.55 bits per heavy atom. The van der Waals surface area contributed by atoms with Crippen LogP contribution in [0.5, 0.6) is 0 Å². The highest BCUT2D eigenvalue weighted by Crippen LogP contribution is 2.17. The van der Waals surface area contributed by atoms with Crippen LogP contribution in [0.25, 0.3) is 0 Å². The van der Waals surface area contributed by atoms with E-state index in [1.54, 1.807) is 30.4 Å². The van der Waals surface area contributed by atoms with Gasteiger partial charge in [-0.25, -0.2) is 4.79 Å². The van der Waals surface area contributed by atoms with Gasteiger partial charge in [-0.2, -0.15) is 12.6 Å². The maximum Gasteiger partial charge on any atom is 0.333 e. The van der Waals surface area contributed by atoms with Crippen molar-refractivity contribution in [2.24, 2.45) is 0 Å². The van der Waals surface area contributed by atoms with Crippen molar-refractivity contribution in [3.8, 4) is 0 Å². The summed E-state index contributed by atoms with van der Waals surface area (Å²) >= 11 is 3.93. The molecule has 0 aromatic carbocycles. The topological polar surface area (TPSA) is 86.6 Å². The molecular weight excluding hydrogens is 278 g/mol. The van der Waals surface area contributed by atoms with Crippen LogP contribution in [-0.2, 0) is 9.59 Å². The van der Waals surface area contributed by atoms with Gasteiger partial charge in [0.05, 0.1) is 6.10 Å². The largest absolute Gasteiger partial charge is 0.479 e. The number of carbonyl (C=O) groups is 2. The van der Waals surface area contributed by atoms with Gasteiger partial charge in [0, 0.05) is 12.7 Å². The maximum absolute atomic E-state index is 11.3. The molecule has 0 saturated carbocycles. The summed E-state index contributed by atoms with van der Waals surface area (Å²) in [6.07, 6.45) is 7.00. The molecule has 5 nitrogen and oxygen atoms in total. The number of aliphatic hydroxyl groups excluding tert-OH is 1. The third-order valence-electron chi connectivity index (χ3n) is 2.53. The molecule has 0 bridgehead atoms. The minimum Gasteiger partial charge on any atom is -0.479 e. The molecule has 3 N–H and O–H groups in total. The highest BCUT2D eigenvalue weighted by molar-refractivity contribution is 7.80. The summed E-state index contributed by atoms with van der Waals surface area (Å²) in [7, 11) is 0. The second-order valence-electron chi connectivity index (χ2n) is 4.05. The Hall–Kier alpha value is -1.75. The van der Waals surface area contributed by atoms with Gasteiger partial charge >= 0.3 is 5.97 Å². The van der Waals surface area contributed by atoms with Crippen molar-refractivity contribution >= 4 is 24.5 Å². The van der Waals surface area contributed by atoms with Gasteiger partial charge in [0.15, 0.2) is 5.54 Å². The van der Waals surface area contributed by atoms with E-state index in [4.69, 9.17) is 0 Å². The standard InChI is InChI=1S/C14H19NO4S/c1-3-4-5-6-7-8-9-12(17)14(10-20,13(18)19)15-11(2)16/h4-8,12,17,20H,1,9-10H2,2H3,(H,15,16)(H,18,19)/b6-5+,8-7+/t12?,14-/m1/s1. The fourth-order valence-corrected chi connectivity index (χ4v) is 1.91. The molecule has 0 aromatic rings. The van der Waals surface area contributed by atoms with Crippen molar-refractivity contribution in [3.05, 3.63) is 42.7 Å². The van der Waals surface area contributed by atoms with Crippen LogP contribution in [-0.4, -0.2) is 39.5 Å². The first-order chi connectivity index (χ1) is 9.40. The van der Waals surface area contributed by atoms with Crippen LogP contribution in [0.4, 0.5) is 0 Å². The van der Waals surface area contributed by atoms with Gasteiger partial charge in [-0.05, 0) is 12.5 Å². The second-order valence-corrected chi connectivity index (χ2v) is 4.37. The second kappa shape index (κ2) is 9.20. The van der Waals surface area contributed by atoms with Crippen molar-refractivity contribution in [1.29, 1.82) is 0 Å². The Labute approximate surface area is 123 Å². The number of nitrogens with one attached hydrogen (secondary N) is 1. The number of rotatable bonds is 8. The van der Waals surface area contributed by atoms with Gasteiger partial charge in [-0.3, -0.25) is 4.79 Å². The van der Waals surface area contributed by atoms with Crippen molar-refractivity contribution in [3.63, 3.8) is 0 Å². The highest BCUT2D eigenvalue weighted by atomic mass is 32.1. The fraction of sp³-hybridized carbons (Fsp3) is 0.357. The maximum atomic E-state index is 11.3. The molecule has 1 amide bonds. The van der Waals surface area contributed by atoms with Gasteiger partial charge < -0.3 is 15.5 Å². The first kappa shape index (κ1) is 18.2. The number of hydrogen-bond acceptors (Lipinski definition) is 4. The van der Waals surface area contributed by atoms with Crippen molar-refractivity contribution in [2.45, 2.75) is 25.0 Å². The van der Waals surface area contributed by atoms with E-state index < -0.39 is 23.5 Å². The van der Waals surface area contributed by atoms with Crippen molar-refractivity contribution in [2.75, 3.05) is 5.75 Å². The predicted octanol–water partition coefficient (Wildman–Crippen LogP) is 1.08. The Balaban J connectivity index is 4.88. The smallest absolute Gasteiger partial charge is 0.333 e. The summed E-state index contributed by atoms with van der Waals surface area (Å²) in [6.45, 7) is 4.58. The van der Waals surface area contributed by atoms with E-state index in [-0.39, 0.29) is 12.2 Å². The first-order valence-electron chi connectivity index (χ1n) is 5.89. The van der Waals surface area contributed by atoms with E-state index in [1.165, 1.54) is 6.92 Å². The van der Waals surface area contributed by atoms with Crippen LogP contribution in [0.2, 0.25) is 0 Å². The van der Waals surface area contributed by atoms with Crippen LogP contribution in [0.15, 0.2) is 42.7 Å². The van der Waals surface area contributed by atoms with E-state index in [0.29, 0.717) is 0 Å². The Morgan fingerprint density at radius 1 is 1.45 bits per heavy atom. The molecule has 0 aliphatic rings. The zero-order chi connectivity index (χ0) is 15.6. The molecule has 0 rings (SSSR count). The molecule has 0 aliphatic carbocycles. The number of carboxylic acids is 1. The summed E-state index contributed by atoms with van der Waals surface area (Å²) in [5, 5.41) is 21.5. The number of thiol groups is 1. The number of carboxylic acid groups (broad SMARTS) is 1. The number of allylic oxidation sites excluding steroid dienone is 4. The Bertz CT molecular complexity index is 452. The lowest BCUT2D eigenvalue weighted by Gasteiger charge is -2.32. The van der Waals surface area contributed by atoms with E-state index in [1.807, 2.05) is 0 Å². The van der Waals surface area contributed by atoms with Gasteiger partial charge in [0.25, 0.3) is 0 Å². The molecule has 0 fully saturated rings. The molecule has 0 aromatic heterocycles. The molecule has 0 saturated heterocycles. The summed E-state index contributed by atoms with van der Waals surface area (Å²) in [5.74, 6) is -2.08. The van der Waals surface area contributed by atoms with Gasteiger partial charge in [0.2, 0.25) is 5.91 Å². The molecule has 0 radical (unpaired) electrons. The van der Waals surface area contributed by atoms with Gasteiger partial charge in [0.1, 0.15) is 0 Å². The number of aliphatic hydroxyl groups is 1. The molecule has 2 atom stereocenters. The Kier molecular flexibility index (Phi) is 8.40. The number of carbonyl (C=O) groups excluding carboxylic acids is 1. The van der Waals surface area contributed by atoms with Crippen molar-refractivity contribution in [1.82, 2.24) is 5.32 Å². The van der Waals surface area contributed by atoms with Crippen LogP contribution in [0, 0.1) is 0 Å². The van der Waals surface area contributed by atoms with E-state index in [0.717, 1.165) is 0 Å². The summed E-state index contributed by atoms with van der Waals surface area (Å²) in [6, 6.07) is 0. The monoisotopic (exact) mass is 297 g/mol. The average molecular weight is 297 g/mol. The third-order valence-corrected chi connectivity index (χ3v) is 3.03. The van der Waals surface area contributed by atoms with E-state index in [9.17, 15) is 19.8 Å². The van der Waals surface area contributed by atoms with E-state index >= 15 is 0 Å². The van der Waals surface area contributed by atoms with E-state index in [2.05, 4.69) is 30.3 Å². The molecule has 0 heterocycles. The number of aliphatic carboxylic acids is 1. The summed E-state index contributed by atoms with van der Waals surface area (Å²) < 4.78 is 0. The minimum absolute atomic E-state index is 0.0648. The van der Waals surface area contributed by atoms with Gasteiger partial charge in [-0.15, -0.1) is 5.73 Å². The van der Waals surface area contributed by atoms with Crippen LogP contribution in [0.1, 0.15) is 13.3 Å². The average Bonchev–Trinajstić information content (AvgIpc) is 2.39. The molecule has 6 heteroatoms. The molecular formula is C14H19NO4S. The molecule has 20 heavy (non-hydrogen) atoms. The lowest BCUT2D eigenvalue weighted by atomic mass is 9.91. The zero-order valence-corrected chi connectivity index (χ0v) is 12.1. The normalized spacial score (nSPS) is 15.6. The predicted molar refractivity (Wildman–Crippen MR) is 80.7 cm³/mol. The van der Waals surface area contributed by atoms with Gasteiger partial charge in [-0.1, -0.05) is 30.9 Å². The molecule has 0 aliphatic heterocycles. The first-order valence-corrected chi connectivity index (χ1v) is 6.52. The van der Waals surface area contributed by atoms with Crippen LogP contribution >= 0.6 is 12.6 Å². The lowest BCUT2D eigenvalue weighted by molar-refractivity contribution is -0.151. The fourth-order valence-electron chi connectivity index (χ4n) is 1.48. The SMILES string of the molecule is C=C=C/C=C/C=C/CC(O)[C@@](CS)(NC(C)=O)C(=O)O. The lowest BCUT2D eigenvalue weighted by Crippen LogP contribution is -2.63. The highest BCUT2D eigenvalue weighted by Gasteiger charge is 2.44. The number of amides is 1.